The quantitative estimate of drug-likeness (QED) is 0.435. The van der Waals surface area contributed by atoms with Gasteiger partial charge >= 0.3 is 5.82 Å². The molecule has 0 spiro atoms. The molecule has 1 N–H and O–H groups in total. The molecule has 7 nitrogen and oxygen atoms in total. The monoisotopic (exact) mass is 256 g/mol. The van der Waals surface area contributed by atoms with Crippen LogP contribution in [0.1, 0.15) is 20.3 Å². The van der Waals surface area contributed by atoms with Crippen LogP contribution in [0, 0.1) is 16.0 Å². The third-order valence-electron chi connectivity index (χ3n) is 2.30. The van der Waals surface area contributed by atoms with E-state index in [0.717, 1.165) is 13.0 Å². The second-order valence-electron chi connectivity index (χ2n) is 4.53. The lowest BCUT2D eigenvalue weighted by molar-refractivity contribution is -0.388. The molecule has 1 rings (SSSR count). The number of anilines is 1. The summed E-state index contributed by atoms with van der Waals surface area (Å²) in [5.41, 5.74) is 0. The van der Waals surface area contributed by atoms with E-state index < -0.39 is 4.92 Å². The number of aryl methyl sites for hydroxylation is 1. The Balaban J connectivity index is 2.31. The fraction of sp³-hybridized carbons (Fsp3) is 0.727. The molecule has 7 heteroatoms. The summed E-state index contributed by atoms with van der Waals surface area (Å²) in [6.07, 6.45) is 2.23. The lowest BCUT2D eigenvalue weighted by Gasteiger charge is -2.08. The zero-order valence-corrected chi connectivity index (χ0v) is 11.0. The van der Waals surface area contributed by atoms with Gasteiger partial charge in [0.2, 0.25) is 12.1 Å². The highest BCUT2D eigenvalue weighted by Gasteiger charge is 2.18. The molecule has 1 aromatic rings. The van der Waals surface area contributed by atoms with Crippen molar-refractivity contribution in [1.82, 2.24) is 9.55 Å². The van der Waals surface area contributed by atoms with Crippen molar-refractivity contribution in [3.8, 4) is 0 Å². The molecule has 0 aliphatic heterocycles. The highest BCUT2D eigenvalue weighted by molar-refractivity contribution is 5.51. The Hall–Kier alpha value is -1.63. The van der Waals surface area contributed by atoms with E-state index in [-0.39, 0.29) is 5.82 Å². The van der Waals surface area contributed by atoms with Crippen molar-refractivity contribution in [2.24, 2.45) is 13.0 Å². The van der Waals surface area contributed by atoms with Gasteiger partial charge in [-0.05, 0) is 22.2 Å². The summed E-state index contributed by atoms with van der Waals surface area (Å²) >= 11 is 0. The van der Waals surface area contributed by atoms with Gasteiger partial charge in [-0.2, -0.15) is 0 Å². The number of nitrogens with zero attached hydrogens (tertiary/aromatic N) is 3. The second-order valence-corrected chi connectivity index (χ2v) is 4.53. The van der Waals surface area contributed by atoms with E-state index in [4.69, 9.17) is 4.74 Å². The molecule has 0 aliphatic carbocycles. The number of hydrogen-bond donors (Lipinski definition) is 1. The zero-order chi connectivity index (χ0) is 13.5. The van der Waals surface area contributed by atoms with Crippen molar-refractivity contribution in [3.63, 3.8) is 0 Å². The van der Waals surface area contributed by atoms with E-state index in [0.29, 0.717) is 24.9 Å². The minimum absolute atomic E-state index is 0.138. The lowest BCUT2D eigenvalue weighted by Crippen LogP contribution is -2.11. The van der Waals surface area contributed by atoms with Crippen LogP contribution < -0.4 is 5.32 Å². The molecule has 0 bridgehead atoms. The average Bonchev–Trinajstić information content (AvgIpc) is 2.65. The predicted octanol–water partition coefficient (Wildman–Crippen LogP) is 1.80. The summed E-state index contributed by atoms with van der Waals surface area (Å²) in [5.74, 6) is 0.820. The highest BCUT2D eigenvalue weighted by Crippen LogP contribution is 2.20. The first-order valence-electron chi connectivity index (χ1n) is 5.99. The van der Waals surface area contributed by atoms with Crippen molar-refractivity contribution in [3.05, 3.63) is 16.4 Å². The number of aromatic nitrogens is 2. The Bertz CT molecular complexity index is 390. The van der Waals surface area contributed by atoms with E-state index >= 15 is 0 Å². The lowest BCUT2D eigenvalue weighted by atomic mass is 10.2. The Kier molecular flexibility index (Phi) is 5.57. The van der Waals surface area contributed by atoms with Crippen LogP contribution in [0.2, 0.25) is 0 Å². The highest BCUT2D eigenvalue weighted by atomic mass is 16.6. The van der Waals surface area contributed by atoms with Crippen LogP contribution in [0.5, 0.6) is 0 Å². The largest absolute Gasteiger partial charge is 0.406 e. The van der Waals surface area contributed by atoms with Gasteiger partial charge in [0.25, 0.3) is 0 Å². The van der Waals surface area contributed by atoms with E-state index in [1.54, 1.807) is 11.6 Å². The molecule has 0 saturated heterocycles. The van der Waals surface area contributed by atoms with Gasteiger partial charge in [0.15, 0.2) is 0 Å². The topological polar surface area (TPSA) is 82.2 Å². The number of nitro groups is 1. The first-order chi connectivity index (χ1) is 8.52. The Morgan fingerprint density at radius 2 is 2.33 bits per heavy atom. The molecule has 102 valence electrons. The van der Waals surface area contributed by atoms with Crippen molar-refractivity contribution < 1.29 is 9.66 Å². The molecule has 1 aromatic heterocycles. The van der Waals surface area contributed by atoms with Crippen LogP contribution in [0.15, 0.2) is 6.33 Å². The maximum Gasteiger partial charge on any atom is 0.406 e. The molecule has 0 fully saturated rings. The van der Waals surface area contributed by atoms with Gasteiger partial charge in [0.1, 0.15) is 0 Å². The van der Waals surface area contributed by atoms with Gasteiger partial charge in [-0.15, -0.1) is 0 Å². The first-order valence-corrected chi connectivity index (χ1v) is 5.99. The van der Waals surface area contributed by atoms with Crippen LogP contribution in [0.3, 0.4) is 0 Å². The molecular formula is C11H20N4O3. The van der Waals surface area contributed by atoms with Crippen LogP contribution in [-0.4, -0.2) is 34.2 Å². The summed E-state index contributed by atoms with van der Waals surface area (Å²) in [5, 5.41) is 13.7. The van der Waals surface area contributed by atoms with Crippen molar-refractivity contribution in [2.75, 3.05) is 25.1 Å². The summed E-state index contributed by atoms with van der Waals surface area (Å²) in [6, 6.07) is 0. The van der Waals surface area contributed by atoms with Crippen molar-refractivity contribution >= 4 is 11.6 Å². The summed E-state index contributed by atoms with van der Waals surface area (Å²) in [4.78, 5) is 13.9. The molecule has 0 saturated carbocycles. The van der Waals surface area contributed by atoms with Gasteiger partial charge in [-0.3, -0.25) is 4.57 Å². The van der Waals surface area contributed by atoms with Crippen molar-refractivity contribution in [2.45, 2.75) is 20.3 Å². The van der Waals surface area contributed by atoms with Crippen LogP contribution in [-0.2, 0) is 11.8 Å². The van der Waals surface area contributed by atoms with Gasteiger partial charge in [0, 0.05) is 26.8 Å². The van der Waals surface area contributed by atoms with E-state index in [9.17, 15) is 10.1 Å². The molecule has 0 atom stereocenters. The maximum absolute atomic E-state index is 10.7. The molecule has 0 amide bonds. The van der Waals surface area contributed by atoms with Gasteiger partial charge in [0.05, 0.1) is 0 Å². The maximum atomic E-state index is 10.7. The van der Waals surface area contributed by atoms with Crippen LogP contribution >= 0.6 is 0 Å². The van der Waals surface area contributed by atoms with Crippen molar-refractivity contribution in [1.29, 1.82) is 0 Å². The summed E-state index contributed by atoms with van der Waals surface area (Å²) < 4.78 is 7.03. The SMILES string of the molecule is CC(C)COCCCNc1c([N+](=O)[O-])ncn1C. The molecular weight excluding hydrogens is 236 g/mol. The Morgan fingerprint density at radius 1 is 1.61 bits per heavy atom. The smallest absolute Gasteiger partial charge is 0.381 e. The fourth-order valence-electron chi connectivity index (χ4n) is 1.46. The van der Waals surface area contributed by atoms with Gasteiger partial charge < -0.3 is 20.2 Å². The molecule has 18 heavy (non-hydrogen) atoms. The number of rotatable bonds is 8. The fourth-order valence-corrected chi connectivity index (χ4v) is 1.46. The Labute approximate surface area is 106 Å². The number of imidazole rings is 1. The zero-order valence-electron chi connectivity index (χ0n) is 11.0. The number of ether oxygens (including phenoxy) is 1. The van der Waals surface area contributed by atoms with Gasteiger partial charge in [-0.1, -0.05) is 13.8 Å². The molecule has 1 heterocycles. The summed E-state index contributed by atoms with van der Waals surface area (Å²) in [6.45, 7) is 6.20. The molecule has 0 unspecified atom stereocenters. The standard InChI is InChI=1S/C11H20N4O3/c1-9(2)7-18-6-4-5-12-10-11(15(16)17)13-8-14(10)3/h8-9,12H,4-7H2,1-3H3. The van der Waals surface area contributed by atoms with Gasteiger partial charge in [-0.25, -0.2) is 0 Å². The minimum atomic E-state index is -0.488. The van der Waals surface area contributed by atoms with E-state index in [1.165, 1.54) is 6.33 Å². The average molecular weight is 256 g/mol. The summed E-state index contributed by atoms with van der Waals surface area (Å²) in [7, 11) is 1.72. The minimum Gasteiger partial charge on any atom is -0.381 e. The van der Waals surface area contributed by atoms with E-state index in [2.05, 4.69) is 24.1 Å². The third-order valence-corrected chi connectivity index (χ3v) is 2.30. The normalized spacial score (nSPS) is 10.9. The Morgan fingerprint density at radius 3 is 2.94 bits per heavy atom. The van der Waals surface area contributed by atoms with E-state index in [1.807, 2.05) is 0 Å². The molecule has 0 radical (unpaired) electrons. The first kappa shape index (κ1) is 14.4. The third kappa shape index (κ3) is 4.33. The van der Waals surface area contributed by atoms with Crippen LogP contribution in [0.25, 0.3) is 0 Å². The van der Waals surface area contributed by atoms with Crippen LogP contribution in [0.4, 0.5) is 11.6 Å². The molecule has 0 aliphatic rings. The predicted molar refractivity (Wildman–Crippen MR) is 68.6 cm³/mol. The molecule has 0 aromatic carbocycles. The number of hydrogen-bond acceptors (Lipinski definition) is 5. The second kappa shape index (κ2) is 6.95. The number of nitrogens with one attached hydrogen (secondary N) is 1.